The number of carbonyl (C=O) groups is 1. The van der Waals surface area contributed by atoms with E-state index in [1.54, 1.807) is 0 Å². The molecule has 0 saturated carbocycles. The van der Waals surface area contributed by atoms with E-state index in [1.165, 1.54) is 0 Å². The fourth-order valence-corrected chi connectivity index (χ4v) is 2.41. The van der Waals surface area contributed by atoms with Crippen LogP contribution in [0.4, 0.5) is 0 Å². The molecule has 0 spiro atoms. The van der Waals surface area contributed by atoms with Crippen molar-refractivity contribution in [2.75, 3.05) is 0 Å². The van der Waals surface area contributed by atoms with Gasteiger partial charge in [-0.1, -0.05) is 58.0 Å². The fourth-order valence-electron chi connectivity index (χ4n) is 0.784. The van der Waals surface area contributed by atoms with Crippen LogP contribution in [0.15, 0.2) is 0 Å². The van der Waals surface area contributed by atoms with E-state index in [0.29, 0.717) is 0 Å². The molecule has 0 heterocycles. The standard InChI is InChI=1S/C7HCl5OS.Na/c8-2-1(7(13)14)3(9)5(11)6(12)4(2)10;/h(H,13,14);/q;+1/p-1. The Morgan fingerprint density at radius 1 is 0.800 bits per heavy atom. The van der Waals surface area contributed by atoms with E-state index in [4.69, 9.17) is 58.0 Å². The molecule has 0 aromatic heterocycles. The Hall–Kier alpha value is 1.56. The van der Waals surface area contributed by atoms with Gasteiger partial charge in [-0.2, -0.15) is 0 Å². The molecule has 1 aromatic carbocycles. The Bertz CT molecular complexity index is 393. The zero-order valence-corrected chi connectivity index (χ0v) is 13.8. The zero-order chi connectivity index (χ0) is 11.0. The Morgan fingerprint density at radius 3 is 1.33 bits per heavy atom. The third-order valence-corrected chi connectivity index (χ3v) is 3.89. The first-order chi connectivity index (χ1) is 6.37. The number of hydrogen-bond acceptors (Lipinski definition) is 2. The van der Waals surface area contributed by atoms with Gasteiger partial charge in [0.15, 0.2) is 0 Å². The van der Waals surface area contributed by atoms with E-state index in [0.717, 1.165) is 0 Å². The predicted octanol–water partition coefficient (Wildman–Crippen LogP) is 1.64. The van der Waals surface area contributed by atoms with Crippen LogP contribution in [0.5, 0.6) is 0 Å². The summed E-state index contributed by atoms with van der Waals surface area (Å²) in [5, 5.41) is -0.951. The van der Waals surface area contributed by atoms with E-state index in [2.05, 4.69) is 12.6 Å². The minimum Gasteiger partial charge on any atom is -0.737 e. The van der Waals surface area contributed by atoms with Gasteiger partial charge >= 0.3 is 29.6 Å². The topological polar surface area (TPSA) is 17.1 Å². The largest absolute Gasteiger partial charge is 1.00 e. The molecular formula is C7Cl5NaOS. The van der Waals surface area contributed by atoms with E-state index in [1.807, 2.05) is 0 Å². The normalized spacial score (nSPS) is 9.67. The molecule has 0 aliphatic rings. The number of halogens is 5. The van der Waals surface area contributed by atoms with Crippen molar-refractivity contribution in [3.8, 4) is 0 Å². The van der Waals surface area contributed by atoms with Gasteiger partial charge in [0.1, 0.15) is 0 Å². The third kappa shape index (κ3) is 3.27. The summed E-state index contributed by atoms with van der Waals surface area (Å²) in [6, 6.07) is 0. The monoisotopic (exact) mass is 330 g/mol. The SMILES string of the molecule is O=C([S-])c1c(Cl)c(Cl)c(Cl)c(Cl)c1Cl.[Na+]. The second-order valence-corrected chi connectivity index (χ2v) is 4.49. The van der Waals surface area contributed by atoms with Gasteiger partial charge in [0, 0.05) is 10.7 Å². The fraction of sp³-hybridized carbons (Fsp3) is 0. The molecule has 0 saturated heterocycles. The Morgan fingerprint density at radius 2 is 1.07 bits per heavy atom. The molecule has 0 radical (unpaired) electrons. The number of carbonyl (C=O) groups excluding carboxylic acids is 1. The molecular weight excluding hydrogens is 332 g/mol. The summed E-state index contributed by atoms with van der Waals surface area (Å²) in [4.78, 5) is 11.0. The maximum Gasteiger partial charge on any atom is 1.00 e. The molecule has 0 aliphatic heterocycles. The van der Waals surface area contributed by atoms with Gasteiger partial charge in [-0.3, -0.25) is 0 Å². The molecule has 1 aromatic rings. The summed E-state index contributed by atoms with van der Waals surface area (Å²) in [7, 11) is 0. The van der Waals surface area contributed by atoms with E-state index in [-0.39, 0.29) is 60.2 Å². The van der Waals surface area contributed by atoms with Gasteiger partial charge in [-0.05, 0) is 0 Å². The van der Waals surface area contributed by atoms with Crippen molar-refractivity contribution in [3.63, 3.8) is 0 Å². The predicted molar refractivity (Wildman–Crippen MR) is 63.2 cm³/mol. The van der Waals surface area contributed by atoms with Gasteiger partial charge in [-0.25, -0.2) is 0 Å². The van der Waals surface area contributed by atoms with Crippen LogP contribution in [-0.4, -0.2) is 5.12 Å². The van der Waals surface area contributed by atoms with Crippen LogP contribution in [-0.2, 0) is 12.6 Å². The summed E-state index contributed by atoms with van der Waals surface area (Å²) in [5.41, 5.74) is -0.0947. The van der Waals surface area contributed by atoms with Crippen LogP contribution >= 0.6 is 58.0 Å². The first-order valence-corrected chi connectivity index (χ1v) is 5.40. The van der Waals surface area contributed by atoms with Gasteiger partial charge in [0.05, 0.1) is 25.1 Å². The third-order valence-electron chi connectivity index (χ3n) is 1.41. The second kappa shape index (κ2) is 6.48. The maximum atomic E-state index is 11.0. The van der Waals surface area contributed by atoms with Gasteiger partial charge in [0.25, 0.3) is 0 Å². The average Bonchev–Trinajstić information content (AvgIpc) is 2.11. The minimum atomic E-state index is -0.736. The summed E-state index contributed by atoms with van der Waals surface area (Å²) in [6.07, 6.45) is 0. The van der Waals surface area contributed by atoms with Gasteiger partial charge < -0.3 is 17.4 Å². The first-order valence-electron chi connectivity index (χ1n) is 3.10. The van der Waals surface area contributed by atoms with Crippen molar-refractivity contribution in [2.45, 2.75) is 0 Å². The van der Waals surface area contributed by atoms with E-state index in [9.17, 15) is 4.79 Å². The van der Waals surface area contributed by atoms with Crippen molar-refractivity contribution in [1.82, 2.24) is 0 Å². The smallest absolute Gasteiger partial charge is 0.737 e. The van der Waals surface area contributed by atoms with Gasteiger partial charge in [-0.15, -0.1) is 0 Å². The quantitative estimate of drug-likeness (QED) is 0.337. The van der Waals surface area contributed by atoms with Crippen molar-refractivity contribution < 1.29 is 34.4 Å². The molecule has 0 N–H and O–H groups in total. The number of benzene rings is 1. The molecule has 15 heavy (non-hydrogen) atoms. The minimum absolute atomic E-state index is 0. The van der Waals surface area contributed by atoms with Crippen LogP contribution in [0.3, 0.4) is 0 Å². The van der Waals surface area contributed by atoms with Crippen LogP contribution in [0.25, 0.3) is 0 Å². The molecule has 8 heteroatoms. The van der Waals surface area contributed by atoms with Crippen molar-refractivity contribution in [2.24, 2.45) is 0 Å². The molecule has 0 aliphatic carbocycles. The molecule has 76 valence electrons. The summed E-state index contributed by atoms with van der Waals surface area (Å²) in [5.74, 6) is 0. The van der Waals surface area contributed by atoms with Crippen LogP contribution in [0.1, 0.15) is 10.4 Å². The van der Waals surface area contributed by atoms with Crippen molar-refractivity contribution in [1.29, 1.82) is 0 Å². The molecule has 0 unspecified atom stereocenters. The zero-order valence-electron chi connectivity index (χ0n) is 7.21. The number of rotatable bonds is 1. The molecule has 0 bridgehead atoms. The summed E-state index contributed by atoms with van der Waals surface area (Å²) < 4.78 is 0. The molecule has 0 fully saturated rings. The molecule has 0 amide bonds. The molecule has 1 nitrogen and oxygen atoms in total. The molecule has 1 rings (SSSR count). The number of hydrogen-bond donors (Lipinski definition) is 0. The van der Waals surface area contributed by atoms with Crippen molar-refractivity contribution in [3.05, 3.63) is 30.7 Å². The summed E-state index contributed by atoms with van der Waals surface area (Å²) >= 11 is 32.9. The van der Waals surface area contributed by atoms with Gasteiger partial charge in [0.2, 0.25) is 0 Å². The van der Waals surface area contributed by atoms with Crippen LogP contribution < -0.4 is 29.6 Å². The second-order valence-electron chi connectivity index (χ2n) is 2.23. The van der Waals surface area contributed by atoms with E-state index >= 15 is 0 Å². The maximum absolute atomic E-state index is 11.0. The first kappa shape index (κ1) is 16.6. The van der Waals surface area contributed by atoms with Crippen LogP contribution in [0.2, 0.25) is 25.1 Å². The van der Waals surface area contributed by atoms with E-state index < -0.39 is 5.12 Å². The van der Waals surface area contributed by atoms with Crippen LogP contribution in [0, 0.1) is 0 Å². The molecule has 0 atom stereocenters. The average molecular weight is 332 g/mol. The Balaban J connectivity index is 0.00000196. The Kier molecular flexibility index (Phi) is 7.16. The Labute approximate surface area is 139 Å². The summed E-state index contributed by atoms with van der Waals surface area (Å²) in [6.45, 7) is 0. The van der Waals surface area contributed by atoms with Crippen molar-refractivity contribution >= 4 is 75.7 Å².